The maximum Gasteiger partial charge on any atom is 0.309 e. The Kier molecular flexibility index (Phi) is 4.96. The number of allylic oxidation sites excluding steroid dienone is 2. The summed E-state index contributed by atoms with van der Waals surface area (Å²) in [7, 11) is 0. The molecule has 0 aliphatic heterocycles. The first-order valence-electron chi connectivity index (χ1n) is 13.7. The molecule has 34 heavy (non-hydrogen) atoms. The van der Waals surface area contributed by atoms with Crippen LogP contribution >= 0.6 is 0 Å². The summed E-state index contributed by atoms with van der Waals surface area (Å²) in [5.41, 5.74) is 0.732. The molecule has 0 aromatic rings. The van der Waals surface area contributed by atoms with Gasteiger partial charge in [0.15, 0.2) is 11.5 Å². The molecule has 9 atom stereocenters. The molecule has 4 heteroatoms. The van der Waals surface area contributed by atoms with Crippen molar-refractivity contribution >= 4 is 11.8 Å². The van der Waals surface area contributed by atoms with Gasteiger partial charge in [0, 0.05) is 6.42 Å². The number of hydrogen-bond acceptors (Lipinski definition) is 3. The van der Waals surface area contributed by atoms with E-state index in [4.69, 9.17) is 0 Å². The second-order valence-corrected chi connectivity index (χ2v) is 14.8. The number of aliphatic carboxylic acids is 1. The summed E-state index contributed by atoms with van der Waals surface area (Å²) in [5, 5.41) is 20.7. The minimum Gasteiger partial charge on any atom is -0.504 e. The molecule has 4 nitrogen and oxygen atoms in total. The van der Waals surface area contributed by atoms with E-state index >= 15 is 0 Å². The SMILES string of the molecule is CC1=C(O)C(=O)CC2[C@]3(C)CC[C@@]4(C)C5C[C@](C)(C(=O)O)CC[C@]5(C)CC[C@]4(C)C3CC[C@]12C. The molecular weight excluding hydrogens is 424 g/mol. The molecule has 0 spiro atoms. The van der Waals surface area contributed by atoms with Crippen molar-refractivity contribution in [1.29, 1.82) is 0 Å². The van der Waals surface area contributed by atoms with Crippen LogP contribution in [0.2, 0.25) is 0 Å². The van der Waals surface area contributed by atoms with Crippen LogP contribution in [-0.2, 0) is 9.59 Å². The highest BCUT2D eigenvalue weighted by Crippen LogP contribution is 2.78. The second kappa shape index (κ2) is 6.91. The van der Waals surface area contributed by atoms with Gasteiger partial charge in [-0.3, -0.25) is 9.59 Å². The van der Waals surface area contributed by atoms with E-state index in [9.17, 15) is 19.8 Å². The van der Waals surface area contributed by atoms with E-state index < -0.39 is 11.4 Å². The maximum atomic E-state index is 12.8. The van der Waals surface area contributed by atoms with Crippen LogP contribution in [0.3, 0.4) is 0 Å². The van der Waals surface area contributed by atoms with Crippen molar-refractivity contribution in [2.75, 3.05) is 0 Å². The largest absolute Gasteiger partial charge is 0.504 e. The molecule has 0 radical (unpaired) electrons. The van der Waals surface area contributed by atoms with Gasteiger partial charge in [0.2, 0.25) is 0 Å². The molecule has 4 saturated carbocycles. The Hall–Kier alpha value is -1.32. The normalized spacial score (nSPS) is 55.0. The molecule has 190 valence electrons. The zero-order valence-corrected chi connectivity index (χ0v) is 22.5. The summed E-state index contributed by atoms with van der Waals surface area (Å²) in [6, 6.07) is 0. The number of carboxylic acid groups (broad SMARTS) is 1. The number of carbonyl (C=O) groups is 2. The lowest BCUT2D eigenvalue weighted by Gasteiger charge is -2.74. The molecule has 2 N–H and O–H groups in total. The Bertz CT molecular complexity index is 982. The molecule has 3 unspecified atom stereocenters. The monoisotopic (exact) mass is 470 g/mol. The average molecular weight is 471 g/mol. The molecule has 0 aromatic heterocycles. The quantitative estimate of drug-likeness (QED) is 0.421. The fourth-order valence-electron chi connectivity index (χ4n) is 10.8. The Morgan fingerprint density at radius 3 is 2.06 bits per heavy atom. The van der Waals surface area contributed by atoms with Gasteiger partial charge in [-0.05, 0) is 122 Å². The van der Waals surface area contributed by atoms with E-state index in [0.29, 0.717) is 18.3 Å². The number of aliphatic hydroxyl groups is 1. The Morgan fingerprint density at radius 1 is 0.824 bits per heavy atom. The summed E-state index contributed by atoms with van der Waals surface area (Å²) >= 11 is 0. The minimum absolute atomic E-state index is 0.0243. The Labute approximate surface area is 206 Å². The summed E-state index contributed by atoms with van der Waals surface area (Å²) in [5.74, 6) is 0.553. The van der Waals surface area contributed by atoms with Crippen molar-refractivity contribution in [3.63, 3.8) is 0 Å². The van der Waals surface area contributed by atoms with Gasteiger partial charge in [-0.25, -0.2) is 0 Å². The zero-order chi connectivity index (χ0) is 25.1. The fourth-order valence-corrected chi connectivity index (χ4v) is 10.8. The van der Waals surface area contributed by atoms with Crippen molar-refractivity contribution in [2.24, 2.45) is 50.2 Å². The number of carboxylic acids is 1. The molecular formula is C30H46O4. The van der Waals surface area contributed by atoms with E-state index in [2.05, 4.69) is 34.6 Å². The first-order chi connectivity index (χ1) is 15.6. The van der Waals surface area contributed by atoms with Gasteiger partial charge < -0.3 is 10.2 Å². The number of Topliss-reactive ketones (excluding diaryl/α,β-unsaturated/α-hetero) is 1. The highest BCUT2D eigenvalue weighted by Gasteiger charge is 2.71. The molecule has 5 rings (SSSR count). The summed E-state index contributed by atoms with van der Waals surface area (Å²) in [6.07, 6.45) is 9.85. The predicted octanol–water partition coefficient (Wildman–Crippen LogP) is 7.33. The van der Waals surface area contributed by atoms with Gasteiger partial charge in [-0.15, -0.1) is 0 Å². The molecule has 4 fully saturated rings. The molecule has 0 saturated heterocycles. The van der Waals surface area contributed by atoms with Gasteiger partial charge in [0.25, 0.3) is 0 Å². The topological polar surface area (TPSA) is 74.6 Å². The summed E-state index contributed by atoms with van der Waals surface area (Å²) < 4.78 is 0. The van der Waals surface area contributed by atoms with Crippen molar-refractivity contribution in [2.45, 2.75) is 113 Å². The number of rotatable bonds is 1. The third-order valence-electron chi connectivity index (χ3n) is 13.7. The van der Waals surface area contributed by atoms with E-state index in [0.717, 1.165) is 50.5 Å². The molecule has 5 aliphatic carbocycles. The van der Waals surface area contributed by atoms with Crippen LogP contribution < -0.4 is 0 Å². The Morgan fingerprint density at radius 2 is 1.41 bits per heavy atom. The van der Waals surface area contributed by atoms with Crippen molar-refractivity contribution < 1.29 is 19.8 Å². The van der Waals surface area contributed by atoms with Crippen molar-refractivity contribution in [1.82, 2.24) is 0 Å². The standard InChI is InChI=1S/C30H46O4/c1-18-23(32)19(31)16-21-27(18,4)9-8-20-28(21,5)13-15-30(7)22-17-26(3,24(33)34)11-10-25(22,2)12-14-29(20,30)6/h20-22,32H,8-17H2,1-7H3,(H,33,34)/t20?,21?,22?,25-,26-,27-,28-,29-,30+/m1/s1. The van der Waals surface area contributed by atoms with E-state index in [1.807, 2.05) is 13.8 Å². The lowest BCUT2D eigenvalue weighted by Crippen LogP contribution is -2.67. The van der Waals surface area contributed by atoms with Gasteiger partial charge in [-0.2, -0.15) is 0 Å². The smallest absolute Gasteiger partial charge is 0.309 e. The van der Waals surface area contributed by atoms with Crippen LogP contribution in [0.1, 0.15) is 113 Å². The van der Waals surface area contributed by atoms with Gasteiger partial charge in [-0.1, -0.05) is 34.6 Å². The average Bonchev–Trinajstić information content (AvgIpc) is 2.77. The number of fused-ring (bicyclic) bond motifs is 7. The minimum atomic E-state index is -0.623. The first-order valence-corrected chi connectivity index (χ1v) is 13.7. The van der Waals surface area contributed by atoms with E-state index in [1.54, 1.807) is 0 Å². The summed E-state index contributed by atoms with van der Waals surface area (Å²) in [6.45, 7) is 16.2. The third kappa shape index (κ3) is 2.72. The first kappa shape index (κ1) is 24.4. The van der Waals surface area contributed by atoms with Gasteiger partial charge >= 0.3 is 5.97 Å². The molecule has 0 amide bonds. The van der Waals surface area contributed by atoms with Crippen LogP contribution in [0.15, 0.2) is 11.3 Å². The zero-order valence-electron chi connectivity index (χ0n) is 22.5. The fraction of sp³-hybridized carbons (Fsp3) is 0.867. The van der Waals surface area contributed by atoms with E-state index in [-0.39, 0.29) is 44.5 Å². The van der Waals surface area contributed by atoms with E-state index in [1.165, 1.54) is 12.8 Å². The van der Waals surface area contributed by atoms with Crippen LogP contribution in [0, 0.1) is 50.2 Å². The Balaban J connectivity index is 1.57. The number of carbonyl (C=O) groups excluding carboxylic acids is 1. The van der Waals surface area contributed by atoms with Crippen LogP contribution in [0.5, 0.6) is 0 Å². The van der Waals surface area contributed by atoms with Crippen LogP contribution in [0.25, 0.3) is 0 Å². The number of ketones is 1. The molecule has 0 bridgehead atoms. The maximum absolute atomic E-state index is 12.8. The van der Waals surface area contributed by atoms with Crippen molar-refractivity contribution in [3.05, 3.63) is 11.3 Å². The van der Waals surface area contributed by atoms with Crippen LogP contribution in [0.4, 0.5) is 0 Å². The third-order valence-corrected chi connectivity index (χ3v) is 13.7. The molecule has 5 aliphatic rings. The second-order valence-electron chi connectivity index (χ2n) is 14.8. The molecule has 0 heterocycles. The lowest BCUT2D eigenvalue weighted by molar-refractivity contribution is -0.249. The predicted molar refractivity (Wildman–Crippen MR) is 133 cm³/mol. The van der Waals surface area contributed by atoms with Gasteiger partial charge in [0.05, 0.1) is 5.41 Å². The summed E-state index contributed by atoms with van der Waals surface area (Å²) in [4.78, 5) is 25.1. The number of hydrogen-bond donors (Lipinski definition) is 2. The molecule has 0 aromatic carbocycles. The lowest BCUT2D eigenvalue weighted by atomic mass is 9.30. The highest BCUT2D eigenvalue weighted by molar-refractivity contribution is 5.95. The number of aliphatic hydroxyl groups excluding tert-OH is 1. The highest BCUT2D eigenvalue weighted by atomic mass is 16.4. The van der Waals surface area contributed by atoms with Gasteiger partial charge in [0.1, 0.15) is 0 Å². The van der Waals surface area contributed by atoms with Crippen LogP contribution in [-0.4, -0.2) is 22.0 Å². The van der Waals surface area contributed by atoms with Crippen molar-refractivity contribution in [3.8, 4) is 0 Å².